The molecule has 0 aliphatic rings. The van der Waals surface area contributed by atoms with Gasteiger partial charge in [-0.15, -0.1) is 0 Å². The van der Waals surface area contributed by atoms with E-state index < -0.39 is 5.91 Å². The number of ether oxygens (including phenoxy) is 1. The van der Waals surface area contributed by atoms with Gasteiger partial charge in [-0.25, -0.2) is 0 Å². The molecule has 0 fully saturated rings. The average Bonchev–Trinajstić information content (AvgIpc) is 2.68. The molecule has 2 aromatic rings. The normalized spacial score (nSPS) is 12.3. The Kier molecular flexibility index (Phi) is 8.16. The second kappa shape index (κ2) is 10.9. The molecule has 6 nitrogen and oxygen atoms in total. The Morgan fingerprint density at radius 1 is 1.15 bits per heavy atom. The number of rotatable bonds is 9. The van der Waals surface area contributed by atoms with E-state index in [1.807, 2.05) is 42.5 Å². The molecule has 0 saturated heterocycles. The largest absolute Gasteiger partial charge is 0.484 e. The highest BCUT2D eigenvalue weighted by Crippen LogP contribution is 2.13. The van der Waals surface area contributed by atoms with Crippen molar-refractivity contribution in [1.29, 1.82) is 0 Å². The molecule has 0 saturated carbocycles. The highest BCUT2D eigenvalue weighted by atomic mass is 16.5. The van der Waals surface area contributed by atoms with Crippen LogP contribution >= 0.6 is 0 Å². The summed E-state index contributed by atoms with van der Waals surface area (Å²) in [6, 6.07) is 18.1. The molecule has 6 heteroatoms. The van der Waals surface area contributed by atoms with E-state index in [0.717, 1.165) is 24.5 Å². The zero-order valence-electron chi connectivity index (χ0n) is 15.9. The number of nitrogens with two attached hydrogens (primary N) is 1. The summed E-state index contributed by atoms with van der Waals surface area (Å²) in [5, 5.41) is 6.71. The van der Waals surface area contributed by atoms with E-state index in [4.69, 9.17) is 10.5 Å². The van der Waals surface area contributed by atoms with Gasteiger partial charge in [-0.2, -0.15) is 0 Å². The maximum absolute atomic E-state index is 10.7. The molecule has 0 aliphatic carbocycles. The molecule has 0 bridgehead atoms. The van der Waals surface area contributed by atoms with Gasteiger partial charge in [-0.1, -0.05) is 42.5 Å². The topological polar surface area (TPSA) is 88.7 Å². The van der Waals surface area contributed by atoms with Crippen molar-refractivity contribution in [2.45, 2.75) is 26.3 Å². The van der Waals surface area contributed by atoms with Crippen molar-refractivity contribution in [3.63, 3.8) is 0 Å². The third-order valence-corrected chi connectivity index (χ3v) is 3.97. The smallest absolute Gasteiger partial charge is 0.255 e. The highest BCUT2D eigenvalue weighted by Gasteiger charge is 2.07. The van der Waals surface area contributed by atoms with E-state index in [0.29, 0.717) is 12.3 Å². The van der Waals surface area contributed by atoms with Crippen LogP contribution in [0, 0.1) is 0 Å². The summed E-state index contributed by atoms with van der Waals surface area (Å²) in [4.78, 5) is 15.4. The Morgan fingerprint density at radius 2 is 1.85 bits per heavy atom. The van der Waals surface area contributed by atoms with Gasteiger partial charge in [0.2, 0.25) is 0 Å². The van der Waals surface area contributed by atoms with Crippen LogP contribution in [0.15, 0.2) is 59.6 Å². The molecule has 27 heavy (non-hydrogen) atoms. The number of benzene rings is 2. The number of carbonyl (C=O) groups is 1. The first-order valence-corrected chi connectivity index (χ1v) is 9.18. The van der Waals surface area contributed by atoms with Crippen molar-refractivity contribution in [1.82, 2.24) is 10.6 Å². The Labute approximate surface area is 160 Å². The van der Waals surface area contributed by atoms with Crippen molar-refractivity contribution in [2.75, 3.05) is 19.7 Å². The van der Waals surface area contributed by atoms with E-state index in [1.54, 1.807) is 0 Å². The lowest BCUT2D eigenvalue weighted by Crippen LogP contribution is -2.38. The number of primary amides is 1. The lowest BCUT2D eigenvalue weighted by Gasteiger charge is -2.18. The molecule has 0 aliphatic heterocycles. The van der Waals surface area contributed by atoms with Gasteiger partial charge in [-0.3, -0.25) is 9.79 Å². The predicted molar refractivity (Wildman–Crippen MR) is 109 cm³/mol. The summed E-state index contributed by atoms with van der Waals surface area (Å²) in [6.07, 6.45) is 0.812. The van der Waals surface area contributed by atoms with E-state index in [-0.39, 0.29) is 12.6 Å². The molecular formula is C21H28N4O2. The summed E-state index contributed by atoms with van der Waals surface area (Å²) in [5.74, 6) is 0.949. The number of hydrogen-bond donors (Lipinski definition) is 3. The van der Waals surface area contributed by atoms with E-state index in [9.17, 15) is 4.79 Å². The quantitative estimate of drug-likeness (QED) is 0.468. The summed E-state index contributed by atoms with van der Waals surface area (Å²) in [6.45, 7) is 5.53. The van der Waals surface area contributed by atoms with Crippen LogP contribution in [0.2, 0.25) is 0 Å². The average molecular weight is 368 g/mol. The van der Waals surface area contributed by atoms with Crippen LogP contribution in [0.25, 0.3) is 0 Å². The molecule has 1 amide bonds. The van der Waals surface area contributed by atoms with Crippen LogP contribution < -0.4 is 21.1 Å². The van der Waals surface area contributed by atoms with Crippen LogP contribution in [0.3, 0.4) is 0 Å². The van der Waals surface area contributed by atoms with Crippen LogP contribution in [0.5, 0.6) is 5.75 Å². The number of guanidine groups is 1. The summed E-state index contributed by atoms with van der Waals surface area (Å²) in [5.41, 5.74) is 7.44. The summed E-state index contributed by atoms with van der Waals surface area (Å²) >= 11 is 0. The Bertz CT molecular complexity index is 730. The van der Waals surface area contributed by atoms with Crippen molar-refractivity contribution in [3.8, 4) is 5.75 Å². The molecule has 0 spiro atoms. The van der Waals surface area contributed by atoms with E-state index >= 15 is 0 Å². The first-order valence-electron chi connectivity index (χ1n) is 9.18. The number of nitrogens with one attached hydrogen (secondary N) is 2. The Hall–Kier alpha value is -3.02. The van der Waals surface area contributed by atoms with Gasteiger partial charge in [0.15, 0.2) is 12.6 Å². The van der Waals surface area contributed by atoms with Gasteiger partial charge in [0.05, 0.1) is 6.04 Å². The second-order valence-corrected chi connectivity index (χ2v) is 6.19. The molecule has 2 rings (SSSR count). The van der Waals surface area contributed by atoms with E-state index in [1.165, 1.54) is 5.56 Å². The zero-order valence-corrected chi connectivity index (χ0v) is 15.9. The second-order valence-electron chi connectivity index (χ2n) is 6.19. The van der Waals surface area contributed by atoms with E-state index in [2.05, 4.69) is 41.6 Å². The van der Waals surface area contributed by atoms with Crippen molar-refractivity contribution >= 4 is 11.9 Å². The van der Waals surface area contributed by atoms with Crippen LogP contribution in [-0.4, -0.2) is 31.6 Å². The predicted octanol–water partition coefficient (Wildman–Crippen LogP) is 2.41. The fraction of sp³-hybridized carbons (Fsp3) is 0.333. The molecule has 4 N–H and O–H groups in total. The van der Waals surface area contributed by atoms with Gasteiger partial charge >= 0.3 is 0 Å². The number of aliphatic imine (C=N–C) groups is 1. The minimum Gasteiger partial charge on any atom is -0.484 e. The third-order valence-electron chi connectivity index (χ3n) is 3.97. The maximum Gasteiger partial charge on any atom is 0.255 e. The van der Waals surface area contributed by atoms with Crippen LogP contribution in [0.1, 0.15) is 31.0 Å². The molecule has 144 valence electrons. The molecule has 0 aromatic heterocycles. The maximum atomic E-state index is 10.7. The molecular weight excluding hydrogens is 340 g/mol. The van der Waals surface area contributed by atoms with Crippen molar-refractivity contribution < 1.29 is 9.53 Å². The fourth-order valence-corrected chi connectivity index (χ4v) is 2.55. The lowest BCUT2D eigenvalue weighted by atomic mass is 10.1. The SMILES string of the molecule is CCNC(=NCCc1ccc(OCC(N)=O)cc1)NC(C)c1ccccc1. The highest BCUT2D eigenvalue weighted by molar-refractivity contribution is 5.80. The first kappa shape index (κ1) is 20.3. The minimum absolute atomic E-state index is 0.110. The van der Waals surface area contributed by atoms with Crippen molar-refractivity contribution in [3.05, 3.63) is 65.7 Å². The van der Waals surface area contributed by atoms with Gasteiger partial charge in [-0.05, 0) is 43.5 Å². The van der Waals surface area contributed by atoms with Gasteiger partial charge in [0, 0.05) is 13.1 Å². The summed E-state index contributed by atoms with van der Waals surface area (Å²) in [7, 11) is 0. The summed E-state index contributed by atoms with van der Waals surface area (Å²) < 4.78 is 5.26. The van der Waals surface area contributed by atoms with Gasteiger partial charge in [0.1, 0.15) is 5.75 Å². The Morgan fingerprint density at radius 3 is 2.48 bits per heavy atom. The first-order chi connectivity index (χ1) is 13.1. The number of hydrogen-bond acceptors (Lipinski definition) is 3. The minimum atomic E-state index is -0.485. The lowest BCUT2D eigenvalue weighted by molar-refractivity contribution is -0.119. The van der Waals surface area contributed by atoms with Crippen LogP contribution in [-0.2, 0) is 11.2 Å². The number of carbonyl (C=O) groups excluding carboxylic acids is 1. The van der Waals surface area contributed by atoms with Crippen LogP contribution in [0.4, 0.5) is 0 Å². The number of amides is 1. The van der Waals surface area contributed by atoms with Gasteiger partial charge in [0.25, 0.3) is 5.91 Å². The van der Waals surface area contributed by atoms with Gasteiger partial charge < -0.3 is 21.1 Å². The number of nitrogens with zero attached hydrogens (tertiary/aromatic N) is 1. The van der Waals surface area contributed by atoms with Crippen molar-refractivity contribution in [2.24, 2.45) is 10.7 Å². The fourth-order valence-electron chi connectivity index (χ4n) is 2.55. The molecule has 0 heterocycles. The molecule has 2 aromatic carbocycles. The molecule has 1 atom stereocenters. The third kappa shape index (κ3) is 7.40. The standard InChI is InChI=1S/C21H28N4O2/c1-3-23-21(25-16(2)18-7-5-4-6-8-18)24-14-13-17-9-11-19(12-10-17)27-15-20(22)26/h4-12,16H,3,13-15H2,1-2H3,(H2,22,26)(H2,23,24,25). The Balaban J connectivity index is 1.88. The monoisotopic (exact) mass is 368 g/mol. The molecule has 1 unspecified atom stereocenters. The zero-order chi connectivity index (χ0) is 19.5. The molecule has 0 radical (unpaired) electrons.